The van der Waals surface area contributed by atoms with Gasteiger partial charge in [0.05, 0.1) is 31.6 Å². The smallest absolute Gasteiger partial charge is 0.141 e. The van der Waals surface area contributed by atoms with Gasteiger partial charge in [-0.15, -0.1) is 11.3 Å². The standard InChI is InChI=1S/C22H25ClN4S/c1-15-2-7-19-18(12-15)20-21(24-14-25-22(20)28-19)27-10-8-26(9-11-27)13-16-3-5-17(23)6-4-16/h3-6,14-15H,2,7-13H2,1H3/p+1/t15-/m1/s1. The van der Waals surface area contributed by atoms with E-state index < -0.39 is 0 Å². The molecule has 1 aliphatic carbocycles. The van der Waals surface area contributed by atoms with Crippen LogP contribution in [0.5, 0.6) is 0 Å². The van der Waals surface area contributed by atoms with E-state index in [4.69, 9.17) is 16.6 Å². The van der Waals surface area contributed by atoms with Crippen LogP contribution in [0, 0.1) is 5.92 Å². The molecule has 3 heterocycles. The highest BCUT2D eigenvalue weighted by Gasteiger charge is 2.27. The zero-order valence-electron chi connectivity index (χ0n) is 16.2. The summed E-state index contributed by atoms with van der Waals surface area (Å²) in [5.74, 6) is 1.93. The molecule has 0 saturated carbocycles. The number of rotatable bonds is 3. The predicted molar refractivity (Wildman–Crippen MR) is 117 cm³/mol. The Hall–Kier alpha value is -1.69. The summed E-state index contributed by atoms with van der Waals surface area (Å²) in [6.45, 7) is 7.81. The number of aryl methyl sites for hydroxylation is 1. The number of halogens is 1. The number of nitrogens with one attached hydrogen (secondary N) is 1. The average molecular weight is 414 g/mol. The molecule has 3 aromatic rings. The lowest BCUT2D eigenvalue weighted by Gasteiger charge is -2.33. The highest BCUT2D eigenvalue weighted by molar-refractivity contribution is 7.19. The number of piperazine rings is 1. The Bertz CT molecular complexity index is 976. The van der Waals surface area contributed by atoms with Crippen LogP contribution in [0.15, 0.2) is 30.6 Å². The lowest BCUT2D eigenvalue weighted by atomic mass is 9.88. The summed E-state index contributed by atoms with van der Waals surface area (Å²) < 4.78 is 0. The van der Waals surface area contributed by atoms with Crippen LogP contribution in [0.3, 0.4) is 0 Å². The molecule has 0 unspecified atom stereocenters. The third-order valence-corrected chi connectivity index (χ3v) is 7.66. The monoisotopic (exact) mass is 413 g/mol. The number of nitrogens with zero attached hydrogens (tertiary/aromatic N) is 3. The van der Waals surface area contributed by atoms with E-state index in [0.29, 0.717) is 0 Å². The van der Waals surface area contributed by atoms with Gasteiger partial charge in [0, 0.05) is 15.5 Å². The molecule has 1 saturated heterocycles. The second-order valence-corrected chi connectivity index (χ2v) is 9.79. The SMILES string of the molecule is C[C@@H]1CCc2sc3ncnc(N4CC[NH+](Cc5ccc(Cl)cc5)CC4)c3c2C1. The molecule has 146 valence electrons. The third kappa shape index (κ3) is 3.51. The van der Waals surface area contributed by atoms with Gasteiger partial charge >= 0.3 is 0 Å². The zero-order chi connectivity index (χ0) is 19.1. The van der Waals surface area contributed by atoms with Gasteiger partial charge in [-0.2, -0.15) is 0 Å². The molecule has 2 aliphatic rings. The Morgan fingerprint density at radius 3 is 2.75 bits per heavy atom. The van der Waals surface area contributed by atoms with Crippen LogP contribution in [0.1, 0.15) is 29.3 Å². The van der Waals surface area contributed by atoms with Crippen LogP contribution in [-0.2, 0) is 19.4 Å². The van der Waals surface area contributed by atoms with Gasteiger partial charge in [-0.25, -0.2) is 9.97 Å². The number of anilines is 1. The minimum Gasteiger partial charge on any atom is -0.345 e. The summed E-state index contributed by atoms with van der Waals surface area (Å²) in [5, 5.41) is 2.15. The van der Waals surface area contributed by atoms with Crippen molar-refractivity contribution in [3.63, 3.8) is 0 Å². The summed E-state index contributed by atoms with van der Waals surface area (Å²) in [5.41, 5.74) is 2.89. The van der Waals surface area contributed by atoms with E-state index in [-0.39, 0.29) is 0 Å². The van der Waals surface area contributed by atoms with Gasteiger partial charge in [0.25, 0.3) is 0 Å². The lowest BCUT2D eigenvalue weighted by Crippen LogP contribution is -3.13. The van der Waals surface area contributed by atoms with Crippen molar-refractivity contribution in [3.05, 3.63) is 51.6 Å². The van der Waals surface area contributed by atoms with Crippen LogP contribution in [-0.4, -0.2) is 36.1 Å². The normalized spacial score (nSPS) is 20.5. The van der Waals surface area contributed by atoms with E-state index in [1.54, 1.807) is 16.1 Å². The van der Waals surface area contributed by atoms with Gasteiger partial charge in [0.15, 0.2) is 0 Å². The molecule has 0 radical (unpaired) electrons. The maximum atomic E-state index is 6.01. The summed E-state index contributed by atoms with van der Waals surface area (Å²) in [6, 6.07) is 8.28. The maximum Gasteiger partial charge on any atom is 0.141 e. The van der Waals surface area contributed by atoms with Gasteiger partial charge in [-0.1, -0.05) is 30.7 Å². The van der Waals surface area contributed by atoms with Gasteiger partial charge in [-0.3, -0.25) is 0 Å². The quantitative estimate of drug-likeness (QED) is 0.714. The third-order valence-electron chi connectivity index (χ3n) is 6.20. The van der Waals surface area contributed by atoms with Crippen LogP contribution >= 0.6 is 22.9 Å². The van der Waals surface area contributed by atoms with Crippen molar-refractivity contribution >= 4 is 39.0 Å². The second-order valence-electron chi connectivity index (χ2n) is 8.27. The number of benzene rings is 1. The van der Waals surface area contributed by atoms with Gasteiger partial charge in [0.2, 0.25) is 0 Å². The number of hydrogen-bond donors (Lipinski definition) is 1. The molecule has 1 aromatic carbocycles. The largest absolute Gasteiger partial charge is 0.345 e. The first-order chi connectivity index (χ1) is 13.7. The molecule has 5 rings (SSSR count). The van der Waals surface area contributed by atoms with E-state index in [0.717, 1.165) is 43.7 Å². The summed E-state index contributed by atoms with van der Waals surface area (Å²) in [4.78, 5) is 16.2. The number of hydrogen-bond acceptors (Lipinski definition) is 4. The minimum absolute atomic E-state index is 0.763. The Balaban J connectivity index is 1.34. The minimum atomic E-state index is 0.763. The number of quaternary nitrogens is 1. The molecule has 4 nitrogen and oxygen atoms in total. The van der Waals surface area contributed by atoms with Gasteiger partial charge in [0.1, 0.15) is 23.5 Å². The van der Waals surface area contributed by atoms with Crippen molar-refractivity contribution in [2.24, 2.45) is 5.92 Å². The van der Waals surface area contributed by atoms with Gasteiger partial charge < -0.3 is 9.80 Å². The van der Waals surface area contributed by atoms with Crippen LogP contribution in [0.25, 0.3) is 10.2 Å². The van der Waals surface area contributed by atoms with Crippen molar-refractivity contribution < 1.29 is 4.90 Å². The van der Waals surface area contributed by atoms with Crippen molar-refractivity contribution in [1.82, 2.24) is 9.97 Å². The fourth-order valence-corrected chi connectivity index (χ4v) is 5.91. The lowest BCUT2D eigenvalue weighted by molar-refractivity contribution is -0.914. The topological polar surface area (TPSA) is 33.5 Å². The fraction of sp³-hybridized carbons (Fsp3) is 0.455. The van der Waals surface area contributed by atoms with E-state index in [9.17, 15) is 0 Å². The molecule has 0 spiro atoms. The summed E-state index contributed by atoms with van der Waals surface area (Å²) in [6.07, 6.45) is 5.44. The maximum absolute atomic E-state index is 6.01. The highest BCUT2D eigenvalue weighted by atomic mass is 35.5. The Labute approximate surface area is 175 Å². The van der Waals surface area contributed by atoms with E-state index in [2.05, 4.69) is 28.9 Å². The number of thiophene rings is 1. The Morgan fingerprint density at radius 1 is 1.18 bits per heavy atom. The van der Waals surface area contributed by atoms with Crippen LogP contribution in [0.4, 0.5) is 5.82 Å². The highest BCUT2D eigenvalue weighted by Crippen LogP contribution is 2.40. The molecule has 1 N–H and O–H groups in total. The van der Waals surface area contributed by atoms with Crippen LogP contribution < -0.4 is 9.80 Å². The van der Waals surface area contributed by atoms with Crippen molar-refractivity contribution in [3.8, 4) is 0 Å². The summed E-state index contributed by atoms with van der Waals surface area (Å²) in [7, 11) is 0. The average Bonchev–Trinajstić information content (AvgIpc) is 3.08. The predicted octanol–water partition coefficient (Wildman–Crippen LogP) is 3.37. The molecular formula is C22H26ClN4S+. The molecule has 28 heavy (non-hydrogen) atoms. The first-order valence-electron chi connectivity index (χ1n) is 10.3. The molecule has 0 bridgehead atoms. The zero-order valence-corrected chi connectivity index (χ0v) is 17.8. The Kier molecular flexibility index (Phi) is 4.99. The van der Waals surface area contributed by atoms with E-state index in [1.807, 2.05) is 23.5 Å². The van der Waals surface area contributed by atoms with Crippen molar-refractivity contribution in [2.75, 3.05) is 31.1 Å². The second kappa shape index (κ2) is 7.62. The molecular weight excluding hydrogens is 388 g/mol. The number of aromatic nitrogens is 2. The van der Waals surface area contributed by atoms with Crippen molar-refractivity contribution in [2.45, 2.75) is 32.7 Å². The van der Waals surface area contributed by atoms with E-state index in [1.165, 1.54) is 46.4 Å². The molecule has 2 aromatic heterocycles. The molecule has 0 amide bonds. The molecule has 1 aliphatic heterocycles. The fourth-order valence-electron chi connectivity index (χ4n) is 4.61. The van der Waals surface area contributed by atoms with Crippen molar-refractivity contribution in [1.29, 1.82) is 0 Å². The number of fused-ring (bicyclic) bond motifs is 3. The molecule has 1 fully saturated rings. The van der Waals surface area contributed by atoms with E-state index >= 15 is 0 Å². The first-order valence-corrected chi connectivity index (χ1v) is 11.4. The molecule has 1 atom stereocenters. The molecule has 6 heteroatoms. The Morgan fingerprint density at radius 2 is 1.96 bits per heavy atom. The summed E-state index contributed by atoms with van der Waals surface area (Å²) >= 11 is 7.90. The first kappa shape index (κ1) is 18.3. The van der Waals surface area contributed by atoms with Gasteiger partial charge in [-0.05, 0) is 42.9 Å². The van der Waals surface area contributed by atoms with Crippen LogP contribution in [0.2, 0.25) is 5.02 Å².